The molecule has 0 aliphatic heterocycles. The second-order valence-corrected chi connectivity index (χ2v) is 7.76. The Morgan fingerprint density at radius 1 is 1.37 bits per heavy atom. The minimum Gasteiger partial charge on any atom is -0.398 e. The number of nitrogen functional groups attached to an aromatic ring is 1. The molecular weight excluding hydrogens is 260 g/mol. The van der Waals surface area contributed by atoms with Crippen molar-refractivity contribution in [3.8, 4) is 0 Å². The topological polar surface area (TPSA) is 63.4 Å². The third kappa shape index (κ3) is 2.77. The van der Waals surface area contributed by atoms with Gasteiger partial charge in [0.25, 0.3) is 0 Å². The third-order valence-corrected chi connectivity index (χ3v) is 5.96. The number of benzene rings is 1. The van der Waals surface area contributed by atoms with E-state index in [0.29, 0.717) is 29.0 Å². The Balaban J connectivity index is 2.28. The maximum absolute atomic E-state index is 12.5. The molecule has 1 aromatic rings. The molecule has 106 valence electrons. The van der Waals surface area contributed by atoms with Gasteiger partial charge in [0.15, 0.2) is 0 Å². The summed E-state index contributed by atoms with van der Waals surface area (Å²) in [6.07, 6.45) is 1.12. The molecule has 0 aromatic heterocycles. The largest absolute Gasteiger partial charge is 0.398 e. The van der Waals surface area contributed by atoms with Crippen LogP contribution in [0.2, 0.25) is 0 Å². The van der Waals surface area contributed by atoms with Gasteiger partial charge in [0, 0.05) is 19.3 Å². The lowest BCUT2D eigenvalue weighted by atomic mass is 10.1. The molecule has 1 aliphatic carbocycles. The van der Waals surface area contributed by atoms with Crippen LogP contribution in [0.3, 0.4) is 0 Å². The summed E-state index contributed by atoms with van der Waals surface area (Å²) in [5.74, 6) is 1.14. The molecule has 19 heavy (non-hydrogen) atoms. The summed E-state index contributed by atoms with van der Waals surface area (Å²) in [5.41, 5.74) is 8.26. The van der Waals surface area contributed by atoms with Crippen LogP contribution in [-0.4, -0.2) is 26.3 Å². The maximum Gasteiger partial charge on any atom is 0.242 e. The lowest BCUT2D eigenvalue weighted by molar-refractivity contribution is 0.444. The normalized spacial score (nSPS) is 22.8. The van der Waals surface area contributed by atoms with E-state index in [1.165, 1.54) is 4.31 Å². The van der Waals surface area contributed by atoms with Crippen LogP contribution in [-0.2, 0) is 10.0 Å². The first-order valence-electron chi connectivity index (χ1n) is 6.56. The number of nitrogens with zero attached hydrogens (tertiary/aromatic N) is 1. The van der Waals surface area contributed by atoms with Crippen molar-refractivity contribution in [2.75, 3.05) is 19.3 Å². The highest BCUT2D eigenvalue weighted by molar-refractivity contribution is 7.89. The average Bonchev–Trinajstić information content (AvgIpc) is 3.00. The van der Waals surface area contributed by atoms with E-state index in [9.17, 15) is 8.42 Å². The molecular formula is C14H22N2O2S. The van der Waals surface area contributed by atoms with Crippen LogP contribution in [0.25, 0.3) is 0 Å². The summed E-state index contributed by atoms with van der Waals surface area (Å²) in [5, 5.41) is 0. The van der Waals surface area contributed by atoms with Gasteiger partial charge >= 0.3 is 0 Å². The van der Waals surface area contributed by atoms with E-state index in [-0.39, 0.29) is 0 Å². The fourth-order valence-corrected chi connectivity index (χ4v) is 3.61. The first-order valence-corrected chi connectivity index (χ1v) is 8.00. The van der Waals surface area contributed by atoms with E-state index >= 15 is 0 Å². The van der Waals surface area contributed by atoms with Gasteiger partial charge in [-0.25, -0.2) is 12.7 Å². The van der Waals surface area contributed by atoms with Gasteiger partial charge in [0.1, 0.15) is 0 Å². The molecule has 4 nitrogen and oxygen atoms in total. The zero-order chi connectivity index (χ0) is 14.4. The van der Waals surface area contributed by atoms with Gasteiger partial charge < -0.3 is 5.73 Å². The zero-order valence-electron chi connectivity index (χ0n) is 12.0. The first kappa shape index (κ1) is 14.3. The monoisotopic (exact) mass is 282 g/mol. The Morgan fingerprint density at radius 2 is 1.95 bits per heavy atom. The zero-order valence-corrected chi connectivity index (χ0v) is 12.8. The minimum absolute atomic E-state index is 0.295. The molecule has 0 radical (unpaired) electrons. The summed E-state index contributed by atoms with van der Waals surface area (Å²) in [4.78, 5) is 0.295. The second-order valence-electron chi connectivity index (χ2n) is 5.71. The van der Waals surface area contributed by atoms with Gasteiger partial charge in [-0.15, -0.1) is 0 Å². The minimum atomic E-state index is -3.43. The van der Waals surface area contributed by atoms with Gasteiger partial charge in [0.2, 0.25) is 10.0 Å². The first-order chi connectivity index (χ1) is 8.73. The van der Waals surface area contributed by atoms with Crippen molar-refractivity contribution in [2.45, 2.75) is 32.1 Å². The van der Waals surface area contributed by atoms with Gasteiger partial charge in [-0.1, -0.05) is 6.92 Å². The Hall–Kier alpha value is -1.07. The fourth-order valence-electron chi connectivity index (χ4n) is 2.26. The smallest absolute Gasteiger partial charge is 0.242 e. The molecule has 0 spiro atoms. The van der Waals surface area contributed by atoms with E-state index in [0.717, 1.165) is 17.5 Å². The van der Waals surface area contributed by atoms with E-state index < -0.39 is 10.0 Å². The summed E-state index contributed by atoms with van der Waals surface area (Å²) < 4.78 is 26.4. The van der Waals surface area contributed by atoms with Crippen LogP contribution >= 0.6 is 0 Å². The van der Waals surface area contributed by atoms with E-state index in [1.807, 2.05) is 13.8 Å². The molecule has 1 aliphatic rings. The molecule has 1 saturated carbocycles. The average molecular weight is 282 g/mol. The van der Waals surface area contributed by atoms with Crippen molar-refractivity contribution in [3.05, 3.63) is 23.3 Å². The Labute approximate surface area is 115 Å². The van der Waals surface area contributed by atoms with Gasteiger partial charge in [0.05, 0.1) is 4.90 Å². The number of aryl methyl sites for hydroxylation is 1. The molecule has 2 N–H and O–H groups in total. The van der Waals surface area contributed by atoms with E-state index in [4.69, 9.17) is 5.73 Å². The molecule has 0 saturated heterocycles. The predicted molar refractivity (Wildman–Crippen MR) is 77.4 cm³/mol. The Kier molecular flexibility index (Phi) is 3.62. The van der Waals surface area contributed by atoms with Crippen molar-refractivity contribution < 1.29 is 8.42 Å². The quantitative estimate of drug-likeness (QED) is 0.861. The summed E-state index contributed by atoms with van der Waals surface area (Å²) >= 11 is 0. The van der Waals surface area contributed by atoms with Gasteiger partial charge in [-0.05, 0) is 55.4 Å². The molecule has 0 heterocycles. The standard InChI is InChI=1S/C14H22N2O2S/c1-9-6-13(7-14(15)11(9)3)19(17,18)16(4)8-12-5-10(12)2/h6-7,10,12H,5,8,15H2,1-4H3. The molecule has 5 heteroatoms. The van der Waals surface area contributed by atoms with Crippen molar-refractivity contribution in [2.24, 2.45) is 11.8 Å². The molecule has 0 bridgehead atoms. The van der Waals surface area contributed by atoms with Crippen LogP contribution in [0.15, 0.2) is 17.0 Å². The van der Waals surface area contributed by atoms with E-state index in [1.54, 1.807) is 19.2 Å². The lowest BCUT2D eigenvalue weighted by Crippen LogP contribution is -2.29. The highest BCUT2D eigenvalue weighted by atomic mass is 32.2. The van der Waals surface area contributed by atoms with Gasteiger partial charge in [-0.2, -0.15) is 0 Å². The molecule has 1 aromatic carbocycles. The molecule has 2 unspecified atom stereocenters. The van der Waals surface area contributed by atoms with Crippen molar-refractivity contribution in [1.29, 1.82) is 0 Å². The predicted octanol–water partition coefficient (Wildman–Crippen LogP) is 2.16. The van der Waals surface area contributed by atoms with Crippen molar-refractivity contribution >= 4 is 15.7 Å². The van der Waals surface area contributed by atoms with Gasteiger partial charge in [-0.3, -0.25) is 0 Å². The van der Waals surface area contributed by atoms with Crippen LogP contribution in [0.4, 0.5) is 5.69 Å². The number of nitrogens with two attached hydrogens (primary N) is 1. The summed E-state index contributed by atoms with van der Waals surface area (Å²) in [7, 11) is -1.78. The van der Waals surface area contributed by atoms with Crippen LogP contribution in [0.1, 0.15) is 24.5 Å². The van der Waals surface area contributed by atoms with Crippen LogP contribution in [0.5, 0.6) is 0 Å². The molecule has 1 fully saturated rings. The third-order valence-electron chi connectivity index (χ3n) is 4.16. The van der Waals surface area contributed by atoms with Crippen LogP contribution < -0.4 is 5.73 Å². The summed E-state index contributed by atoms with van der Waals surface area (Å²) in [6, 6.07) is 3.26. The highest BCUT2D eigenvalue weighted by Gasteiger charge is 2.36. The number of rotatable bonds is 4. The number of hydrogen-bond acceptors (Lipinski definition) is 3. The SMILES string of the molecule is Cc1cc(S(=O)(=O)N(C)CC2CC2C)cc(N)c1C. The maximum atomic E-state index is 12.5. The molecule has 0 amide bonds. The highest BCUT2D eigenvalue weighted by Crippen LogP contribution is 2.38. The fraction of sp³-hybridized carbons (Fsp3) is 0.571. The summed E-state index contributed by atoms with van der Waals surface area (Å²) in [6.45, 7) is 6.53. The molecule has 2 atom stereocenters. The lowest BCUT2D eigenvalue weighted by Gasteiger charge is -2.18. The second kappa shape index (κ2) is 4.80. The van der Waals surface area contributed by atoms with E-state index in [2.05, 4.69) is 6.92 Å². The Bertz CT molecular complexity index is 572. The number of hydrogen-bond donors (Lipinski definition) is 1. The number of sulfonamides is 1. The number of anilines is 1. The molecule has 2 rings (SSSR count). The van der Waals surface area contributed by atoms with Crippen LogP contribution in [0, 0.1) is 25.7 Å². The Morgan fingerprint density at radius 3 is 2.42 bits per heavy atom. The van der Waals surface area contributed by atoms with Crippen molar-refractivity contribution in [3.63, 3.8) is 0 Å². The van der Waals surface area contributed by atoms with Crippen molar-refractivity contribution in [1.82, 2.24) is 4.31 Å².